The Morgan fingerprint density at radius 2 is 1.02 bits per heavy atom. The second kappa shape index (κ2) is 13.9. The summed E-state index contributed by atoms with van der Waals surface area (Å²) in [7, 11) is 0. The van der Waals surface area contributed by atoms with Crippen molar-refractivity contribution >= 4 is 78.2 Å². The lowest BCUT2D eigenvalue weighted by atomic mass is 10.0. The average Bonchev–Trinajstić information content (AvgIpc) is 3.89. The summed E-state index contributed by atoms with van der Waals surface area (Å²) in [6.07, 6.45) is 10.2. The maximum absolute atomic E-state index is 6.04. The number of halogens is 2. The number of alkyl halides is 2. The van der Waals surface area contributed by atoms with Crippen LogP contribution in [0, 0.1) is 0 Å². The van der Waals surface area contributed by atoms with Gasteiger partial charge in [-0.15, -0.1) is 0 Å². The molecule has 0 aliphatic carbocycles. The lowest BCUT2D eigenvalue weighted by Gasteiger charge is -2.09. The van der Waals surface area contributed by atoms with Gasteiger partial charge in [-0.2, -0.15) is 0 Å². The second-order valence-electron chi connectivity index (χ2n) is 11.0. The normalized spacial score (nSPS) is 12.0. The smallest absolute Gasteiger partial charge is 0.119 e. The zero-order valence-corrected chi connectivity index (χ0v) is 28.3. The van der Waals surface area contributed by atoms with Crippen LogP contribution in [0.4, 0.5) is 0 Å². The second-order valence-corrected chi connectivity index (χ2v) is 12.6. The summed E-state index contributed by atoms with van der Waals surface area (Å²) in [4.78, 5) is 17.4. The fourth-order valence-corrected chi connectivity index (χ4v) is 6.11. The molecule has 5 heterocycles. The van der Waals surface area contributed by atoms with Crippen LogP contribution in [-0.2, 0) is 0 Å². The summed E-state index contributed by atoms with van der Waals surface area (Å²) in [5.41, 5.74) is 11.4. The predicted molar refractivity (Wildman–Crippen MR) is 198 cm³/mol. The molecule has 0 spiro atoms. The predicted octanol–water partition coefficient (Wildman–Crippen LogP) is 10.3. The summed E-state index contributed by atoms with van der Waals surface area (Å²) in [5.74, 6) is 1.68. The van der Waals surface area contributed by atoms with Gasteiger partial charge in [0.05, 0.1) is 36.0 Å². The average molecular weight is 737 g/mol. The number of ether oxygens (including phenoxy) is 2. The highest BCUT2D eigenvalue weighted by Gasteiger charge is 2.14. The van der Waals surface area contributed by atoms with Crippen molar-refractivity contribution in [2.24, 2.45) is 0 Å². The first kappa shape index (κ1) is 30.3. The van der Waals surface area contributed by atoms with Crippen molar-refractivity contribution in [1.29, 1.82) is 0 Å². The molecular formula is C38H32Br2N4O2. The molecule has 3 aromatic heterocycles. The molecule has 0 saturated heterocycles. The van der Waals surface area contributed by atoms with Crippen LogP contribution in [0.3, 0.4) is 0 Å². The zero-order chi connectivity index (χ0) is 31.3. The molecule has 5 aromatic rings. The Morgan fingerprint density at radius 3 is 1.48 bits per heavy atom. The van der Waals surface area contributed by atoms with Crippen LogP contribution in [-0.4, -0.2) is 43.8 Å². The van der Waals surface area contributed by atoms with E-state index in [0.29, 0.717) is 13.2 Å². The van der Waals surface area contributed by atoms with Crippen molar-refractivity contribution in [2.75, 3.05) is 23.9 Å². The van der Waals surface area contributed by atoms with Gasteiger partial charge in [-0.25, -0.2) is 9.97 Å². The number of fused-ring (bicyclic) bond motifs is 8. The van der Waals surface area contributed by atoms with Gasteiger partial charge in [-0.3, -0.25) is 0 Å². The van der Waals surface area contributed by atoms with Gasteiger partial charge in [0.15, 0.2) is 0 Å². The molecule has 0 saturated carbocycles. The molecule has 2 aliphatic heterocycles. The van der Waals surface area contributed by atoms with Crippen molar-refractivity contribution in [1.82, 2.24) is 19.9 Å². The van der Waals surface area contributed by atoms with E-state index in [0.717, 1.165) is 102 Å². The van der Waals surface area contributed by atoms with Crippen molar-refractivity contribution in [2.45, 2.75) is 12.8 Å². The molecule has 0 amide bonds. The number of aromatic nitrogens is 4. The van der Waals surface area contributed by atoms with Crippen molar-refractivity contribution in [3.8, 4) is 33.8 Å². The molecule has 0 fully saturated rings. The molecule has 2 aromatic carbocycles. The Labute approximate surface area is 284 Å². The van der Waals surface area contributed by atoms with Gasteiger partial charge >= 0.3 is 0 Å². The lowest BCUT2D eigenvalue weighted by molar-refractivity contribution is 0.319. The van der Waals surface area contributed by atoms with E-state index in [2.05, 4.69) is 127 Å². The number of hydrogen-bond acceptors (Lipinski definition) is 4. The minimum Gasteiger partial charge on any atom is -0.494 e. The zero-order valence-electron chi connectivity index (χ0n) is 25.1. The molecule has 2 N–H and O–H groups in total. The van der Waals surface area contributed by atoms with Gasteiger partial charge < -0.3 is 19.4 Å². The highest BCUT2D eigenvalue weighted by molar-refractivity contribution is 9.09. The third-order valence-electron chi connectivity index (χ3n) is 7.74. The van der Waals surface area contributed by atoms with E-state index in [1.165, 1.54) is 0 Å². The van der Waals surface area contributed by atoms with Crippen molar-refractivity contribution in [3.05, 3.63) is 108 Å². The lowest BCUT2D eigenvalue weighted by Crippen LogP contribution is -1.97. The summed E-state index contributed by atoms with van der Waals surface area (Å²) >= 11 is 6.97. The van der Waals surface area contributed by atoms with Crippen LogP contribution < -0.4 is 9.47 Å². The monoisotopic (exact) mass is 734 g/mol. The molecule has 46 heavy (non-hydrogen) atoms. The quantitative estimate of drug-likeness (QED) is 0.108. The molecule has 7 rings (SSSR count). The number of H-pyrrole nitrogens is 2. The van der Waals surface area contributed by atoms with E-state index in [9.17, 15) is 0 Å². The summed E-state index contributed by atoms with van der Waals surface area (Å²) in [6, 6.07) is 29.0. The number of rotatable bonds is 10. The summed E-state index contributed by atoms with van der Waals surface area (Å²) in [6.45, 7) is 1.31. The maximum atomic E-state index is 6.04. The van der Waals surface area contributed by atoms with E-state index in [1.807, 2.05) is 24.3 Å². The van der Waals surface area contributed by atoms with Crippen LogP contribution in [0.15, 0.2) is 84.9 Å². The summed E-state index contributed by atoms with van der Waals surface area (Å²) < 4.78 is 12.1. The highest BCUT2D eigenvalue weighted by Crippen LogP contribution is 2.34. The topological polar surface area (TPSA) is 75.8 Å². The minimum absolute atomic E-state index is 0.655. The first-order chi connectivity index (χ1) is 22.7. The number of nitrogens with one attached hydrogen (secondary N) is 2. The summed E-state index contributed by atoms with van der Waals surface area (Å²) in [5, 5.41) is 1.81. The van der Waals surface area contributed by atoms with Crippen LogP contribution in [0.5, 0.6) is 11.5 Å². The first-order valence-corrected chi connectivity index (χ1v) is 17.6. The van der Waals surface area contributed by atoms with Gasteiger partial charge in [0.25, 0.3) is 0 Å². The number of nitrogens with zero attached hydrogens (tertiary/aromatic N) is 2. The van der Waals surface area contributed by atoms with Gasteiger partial charge in [-0.05, 0) is 109 Å². The van der Waals surface area contributed by atoms with Gasteiger partial charge in [-0.1, -0.05) is 56.1 Å². The standard InChI is InChI=1S/C38H32Br2N4O2/c39-17-3-19-45-31-7-1-5-25(21-31)37-33-13-9-27(41-33)23-29-11-15-35(43-29)38(26-6-2-8-32(22-26)46-20-4-18-40)36-16-12-30(44-36)24-28-10-14-34(37)42-28/h1-2,5-16,21-24,41,44H,3-4,17-20H2. The third-order valence-corrected chi connectivity index (χ3v) is 8.86. The Morgan fingerprint density at radius 1 is 0.543 bits per heavy atom. The van der Waals surface area contributed by atoms with Crippen LogP contribution in [0.25, 0.3) is 68.6 Å². The Balaban J connectivity index is 1.41. The third kappa shape index (κ3) is 6.73. The van der Waals surface area contributed by atoms with E-state index in [4.69, 9.17) is 19.4 Å². The van der Waals surface area contributed by atoms with Gasteiger partial charge in [0.1, 0.15) is 11.5 Å². The van der Waals surface area contributed by atoms with Crippen LogP contribution in [0.2, 0.25) is 0 Å². The van der Waals surface area contributed by atoms with E-state index >= 15 is 0 Å². The highest BCUT2D eigenvalue weighted by atomic mass is 79.9. The fraction of sp³-hybridized carbons (Fsp3) is 0.158. The van der Waals surface area contributed by atoms with E-state index in [-0.39, 0.29) is 0 Å². The largest absolute Gasteiger partial charge is 0.494 e. The molecule has 8 bridgehead atoms. The van der Waals surface area contributed by atoms with Gasteiger partial charge in [0.2, 0.25) is 0 Å². The Kier molecular flexibility index (Phi) is 9.17. The molecule has 2 aliphatic rings. The van der Waals surface area contributed by atoms with Crippen LogP contribution in [0.1, 0.15) is 35.6 Å². The van der Waals surface area contributed by atoms with Crippen molar-refractivity contribution in [3.63, 3.8) is 0 Å². The Bertz CT molecular complexity index is 1960. The fourth-order valence-electron chi connectivity index (χ4n) is 5.65. The number of benzene rings is 2. The molecule has 0 unspecified atom stereocenters. The molecule has 230 valence electrons. The minimum atomic E-state index is 0.655. The molecule has 0 atom stereocenters. The maximum Gasteiger partial charge on any atom is 0.119 e. The van der Waals surface area contributed by atoms with E-state index in [1.54, 1.807) is 0 Å². The number of hydrogen-bond donors (Lipinski definition) is 2. The molecular weight excluding hydrogens is 704 g/mol. The van der Waals surface area contributed by atoms with Crippen LogP contribution >= 0.6 is 31.9 Å². The van der Waals surface area contributed by atoms with Crippen molar-refractivity contribution < 1.29 is 9.47 Å². The SMILES string of the molecule is BrCCCOc1cccc(-c2c3nc(cc4ccc([nH]4)c(-c4cccc(OCCCBr)c4)c4nc(cc5ccc2[nH]5)C=C4)C=C3)c1. The van der Waals surface area contributed by atoms with Gasteiger partial charge in [0, 0.05) is 43.9 Å². The Hall–Kier alpha value is -4.40. The number of aromatic amines is 2. The van der Waals surface area contributed by atoms with E-state index < -0.39 is 0 Å². The molecule has 0 radical (unpaired) electrons. The molecule has 6 nitrogen and oxygen atoms in total. The first-order valence-electron chi connectivity index (χ1n) is 15.4. The molecule has 8 heteroatoms.